The summed E-state index contributed by atoms with van der Waals surface area (Å²) in [5, 5.41) is 6.86. The number of guanidine groups is 1. The summed E-state index contributed by atoms with van der Waals surface area (Å²) < 4.78 is 5.34. The first-order chi connectivity index (χ1) is 11.8. The van der Waals surface area contributed by atoms with Crippen LogP contribution in [0.25, 0.3) is 0 Å². The summed E-state index contributed by atoms with van der Waals surface area (Å²) in [6.45, 7) is 7.64. The molecule has 0 bridgehead atoms. The van der Waals surface area contributed by atoms with Crippen LogP contribution < -0.4 is 10.6 Å². The minimum atomic E-state index is 0. The highest BCUT2D eigenvalue weighted by molar-refractivity contribution is 14.0. The van der Waals surface area contributed by atoms with E-state index in [0.717, 1.165) is 57.9 Å². The van der Waals surface area contributed by atoms with E-state index in [1.165, 1.54) is 11.1 Å². The van der Waals surface area contributed by atoms with Crippen molar-refractivity contribution < 1.29 is 4.74 Å². The molecule has 1 aromatic carbocycles. The molecule has 1 aliphatic rings. The Labute approximate surface area is 169 Å². The van der Waals surface area contributed by atoms with E-state index in [1.54, 1.807) is 0 Å². The molecule has 0 spiro atoms. The van der Waals surface area contributed by atoms with Crippen molar-refractivity contribution in [1.82, 2.24) is 10.6 Å². The van der Waals surface area contributed by atoms with Gasteiger partial charge < -0.3 is 15.4 Å². The zero-order chi connectivity index (χ0) is 17.0. The topological polar surface area (TPSA) is 45.7 Å². The van der Waals surface area contributed by atoms with E-state index in [-0.39, 0.29) is 24.0 Å². The zero-order valence-corrected chi connectivity index (χ0v) is 17.8. The van der Waals surface area contributed by atoms with Gasteiger partial charge in [-0.25, -0.2) is 0 Å². The van der Waals surface area contributed by atoms with Gasteiger partial charge in [-0.1, -0.05) is 42.0 Å². The van der Waals surface area contributed by atoms with Crippen molar-refractivity contribution in [3.63, 3.8) is 0 Å². The van der Waals surface area contributed by atoms with Crippen LogP contribution in [-0.4, -0.2) is 38.3 Å². The van der Waals surface area contributed by atoms with Crippen molar-refractivity contribution in [2.45, 2.75) is 45.6 Å². The maximum atomic E-state index is 5.34. The van der Waals surface area contributed by atoms with Crippen molar-refractivity contribution in [3.8, 4) is 0 Å². The zero-order valence-electron chi connectivity index (χ0n) is 15.5. The first-order valence-electron chi connectivity index (χ1n) is 9.12. The van der Waals surface area contributed by atoms with Crippen molar-refractivity contribution in [2.75, 3.05) is 26.3 Å². The molecule has 1 aliphatic heterocycles. The number of hydrogen-bond acceptors (Lipinski definition) is 2. The molecule has 0 amide bonds. The standard InChI is InChI=1S/C20H31N3O.HI/c1-3-21-20(22-14-11-19-12-15-24-16-13-19)23-17(2)9-10-18-7-5-4-6-8-18;/h4-8,12,17H,3,9-11,13-16H2,1-2H3,(H2,21,22,23);1H. The molecule has 0 saturated heterocycles. The van der Waals surface area contributed by atoms with E-state index in [9.17, 15) is 0 Å². The Kier molecular flexibility index (Phi) is 11.6. The Morgan fingerprint density at radius 2 is 2.04 bits per heavy atom. The Morgan fingerprint density at radius 3 is 2.72 bits per heavy atom. The van der Waals surface area contributed by atoms with E-state index in [0.29, 0.717) is 6.04 Å². The lowest BCUT2D eigenvalue weighted by Gasteiger charge is -2.18. The highest BCUT2D eigenvalue weighted by Crippen LogP contribution is 2.11. The van der Waals surface area contributed by atoms with Crippen LogP contribution in [0.15, 0.2) is 47.0 Å². The number of nitrogens with one attached hydrogen (secondary N) is 2. The lowest BCUT2D eigenvalue weighted by atomic mass is 10.1. The number of aryl methyl sites for hydroxylation is 1. The number of halogens is 1. The molecule has 0 saturated carbocycles. The molecule has 5 heteroatoms. The number of hydrogen-bond donors (Lipinski definition) is 2. The van der Waals surface area contributed by atoms with Gasteiger partial charge >= 0.3 is 0 Å². The van der Waals surface area contributed by atoms with E-state index in [2.05, 4.69) is 60.9 Å². The average molecular weight is 457 g/mol. The van der Waals surface area contributed by atoms with Gasteiger partial charge in [-0.2, -0.15) is 0 Å². The second-order valence-electron chi connectivity index (χ2n) is 6.27. The molecule has 2 rings (SSSR count). The first-order valence-corrected chi connectivity index (χ1v) is 9.12. The fourth-order valence-corrected chi connectivity index (χ4v) is 2.76. The molecule has 0 radical (unpaired) electrons. The van der Waals surface area contributed by atoms with Gasteiger partial charge in [0.15, 0.2) is 5.96 Å². The SMILES string of the molecule is CCNC(=NCCC1=CCOCC1)NC(C)CCc1ccccc1.I. The summed E-state index contributed by atoms with van der Waals surface area (Å²) in [5.74, 6) is 0.922. The van der Waals surface area contributed by atoms with Gasteiger partial charge in [0.2, 0.25) is 0 Å². The fourth-order valence-electron chi connectivity index (χ4n) is 2.76. The van der Waals surface area contributed by atoms with Gasteiger partial charge in [-0.05, 0) is 45.1 Å². The quantitative estimate of drug-likeness (QED) is 0.269. The average Bonchev–Trinajstić information content (AvgIpc) is 2.62. The first kappa shape index (κ1) is 22.0. The van der Waals surface area contributed by atoms with Crippen LogP contribution in [0.1, 0.15) is 38.7 Å². The highest BCUT2D eigenvalue weighted by atomic mass is 127. The minimum absolute atomic E-state index is 0. The molecule has 140 valence electrons. The van der Waals surface area contributed by atoms with Crippen LogP contribution in [0.2, 0.25) is 0 Å². The molecule has 25 heavy (non-hydrogen) atoms. The summed E-state index contributed by atoms with van der Waals surface area (Å²) in [6.07, 6.45) is 6.45. The molecule has 4 nitrogen and oxygen atoms in total. The summed E-state index contributed by atoms with van der Waals surface area (Å²) in [6, 6.07) is 11.0. The number of rotatable bonds is 8. The smallest absolute Gasteiger partial charge is 0.191 e. The molecule has 1 unspecified atom stereocenters. The van der Waals surface area contributed by atoms with Gasteiger partial charge in [0.05, 0.1) is 13.2 Å². The summed E-state index contributed by atoms with van der Waals surface area (Å²) in [5.41, 5.74) is 2.86. The molecule has 0 aliphatic carbocycles. The predicted octanol–water partition coefficient (Wildman–Crippen LogP) is 3.92. The van der Waals surface area contributed by atoms with Gasteiger partial charge in [0.1, 0.15) is 0 Å². The third-order valence-electron chi connectivity index (χ3n) is 4.20. The second kappa shape index (κ2) is 13.2. The van der Waals surface area contributed by atoms with E-state index in [1.807, 2.05) is 0 Å². The van der Waals surface area contributed by atoms with Crippen LogP contribution in [0.3, 0.4) is 0 Å². The van der Waals surface area contributed by atoms with E-state index >= 15 is 0 Å². The van der Waals surface area contributed by atoms with Gasteiger partial charge in [0.25, 0.3) is 0 Å². The molecule has 0 aromatic heterocycles. The Bertz CT molecular complexity index is 531. The largest absolute Gasteiger partial charge is 0.377 e. The summed E-state index contributed by atoms with van der Waals surface area (Å²) in [7, 11) is 0. The molecular formula is C20H32IN3O. The maximum Gasteiger partial charge on any atom is 0.191 e. The Morgan fingerprint density at radius 1 is 1.24 bits per heavy atom. The lowest BCUT2D eigenvalue weighted by molar-refractivity contribution is 0.153. The monoisotopic (exact) mass is 457 g/mol. The number of benzene rings is 1. The Hall–Kier alpha value is -1.08. The van der Waals surface area contributed by atoms with E-state index < -0.39 is 0 Å². The van der Waals surface area contributed by atoms with Crippen molar-refractivity contribution in [1.29, 1.82) is 0 Å². The molecule has 1 heterocycles. The van der Waals surface area contributed by atoms with Gasteiger partial charge in [0, 0.05) is 19.1 Å². The maximum absolute atomic E-state index is 5.34. The lowest BCUT2D eigenvalue weighted by Crippen LogP contribution is -2.42. The van der Waals surface area contributed by atoms with Crippen LogP contribution in [-0.2, 0) is 11.2 Å². The minimum Gasteiger partial charge on any atom is -0.377 e. The summed E-state index contributed by atoms with van der Waals surface area (Å²) in [4.78, 5) is 4.72. The molecular weight excluding hydrogens is 425 g/mol. The molecule has 0 fully saturated rings. The van der Waals surface area contributed by atoms with Crippen molar-refractivity contribution >= 4 is 29.9 Å². The molecule has 2 N–H and O–H groups in total. The number of ether oxygens (including phenoxy) is 1. The number of nitrogens with zero attached hydrogens (tertiary/aromatic N) is 1. The molecule has 1 aromatic rings. The summed E-state index contributed by atoms with van der Waals surface area (Å²) >= 11 is 0. The normalized spacial score (nSPS) is 15.8. The number of aliphatic imine (C=N–C) groups is 1. The Balaban J connectivity index is 0.00000312. The van der Waals surface area contributed by atoms with E-state index in [4.69, 9.17) is 9.73 Å². The predicted molar refractivity (Wildman–Crippen MR) is 117 cm³/mol. The fraction of sp³-hybridized carbons (Fsp3) is 0.550. The van der Waals surface area contributed by atoms with Crippen LogP contribution in [0.5, 0.6) is 0 Å². The van der Waals surface area contributed by atoms with Crippen molar-refractivity contribution in [2.24, 2.45) is 4.99 Å². The third-order valence-corrected chi connectivity index (χ3v) is 4.20. The molecule has 1 atom stereocenters. The van der Waals surface area contributed by atoms with Crippen molar-refractivity contribution in [3.05, 3.63) is 47.5 Å². The second-order valence-corrected chi connectivity index (χ2v) is 6.27. The highest BCUT2D eigenvalue weighted by Gasteiger charge is 2.07. The van der Waals surface area contributed by atoms with Gasteiger partial charge in [-0.3, -0.25) is 4.99 Å². The van der Waals surface area contributed by atoms with Crippen LogP contribution >= 0.6 is 24.0 Å². The third kappa shape index (κ3) is 9.26. The van der Waals surface area contributed by atoms with Crippen LogP contribution in [0, 0.1) is 0 Å². The van der Waals surface area contributed by atoms with Crippen LogP contribution in [0.4, 0.5) is 0 Å². The van der Waals surface area contributed by atoms with Gasteiger partial charge in [-0.15, -0.1) is 24.0 Å².